The first-order valence-electron chi connectivity index (χ1n) is 5.85. The molecule has 0 bridgehead atoms. The lowest BCUT2D eigenvalue weighted by atomic mass is 10.1. The molecule has 0 aliphatic heterocycles. The van der Waals surface area contributed by atoms with Crippen LogP contribution in [0.4, 0.5) is 0 Å². The number of aromatic hydroxyl groups is 1. The molecule has 88 valence electrons. The largest absolute Gasteiger partial charge is 0.507 e. The van der Waals surface area contributed by atoms with Crippen LogP contribution in [0.15, 0.2) is 22.7 Å². The minimum atomic E-state index is 0.187. The number of hydrogen-bond donors (Lipinski definition) is 1. The maximum atomic E-state index is 9.82. The molecule has 17 heavy (non-hydrogen) atoms. The van der Waals surface area contributed by atoms with Gasteiger partial charge in [-0.3, -0.25) is 0 Å². The third kappa shape index (κ3) is 2.16. The number of phenolic OH excluding ortho intramolecular Hbond substituents is 1. The molecule has 0 spiro atoms. The van der Waals surface area contributed by atoms with Crippen molar-refractivity contribution in [2.24, 2.45) is 5.92 Å². The van der Waals surface area contributed by atoms with Gasteiger partial charge >= 0.3 is 0 Å². The molecule has 1 aromatic heterocycles. The monoisotopic (exact) mass is 230 g/mol. The fourth-order valence-corrected chi connectivity index (χ4v) is 1.85. The van der Waals surface area contributed by atoms with E-state index in [0.29, 0.717) is 11.5 Å². The van der Waals surface area contributed by atoms with E-state index in [1.165, 1.54) is 12.8 Å². The predicted molar refractivity (Wildman–Crippen MR) is 62.6 cm³/mol. The van der Waals surface area contributed by atoms with E-state index < -0.39 is 0 Å². The molecule has 0 amide bonds. The van der Waals surface area contributed by atoms with E-state index in [0.717, 1.165) is 23.7 Å². The third-order valence-electron chi connectivity index (χ3n) is 3.02. The first-order chi connectivity index (χ1) is 8.22. The van der Waals surface area contributed by atoms with Crippen LogP contribution >= 0.6 is 0 Å². The second-order valence-corrected chi connectivity index (χ2v) is 4.68. The van der Waals surface area contributed by atoms with E-state index >= 15 is 0 Å². The standard InChI is InChI=1S/C13H14N2O2/c1-8-2-5-10(11(16)6-8)13-14-12(15-17-13)7-9-3-4-9/h2,5-6,9,16H,3-4,7H2,1H3. The SMILES string of the molecule is Cc1ccc(-c2nc(CC3CC3)no2)c(O)c1. The lowest BCUT2D eigenvalue weighted by Crippen LogP contribution is -1.89. The molecule has 0 unspecified atom stereocenters. The normalized spacial score (nSPS) is 15.1. The highest BCUT2D eigenvalue weighted by atomic mass is 16.5. The maximum Gasteiger partial charge on any atom is 0.261 e. The Bertz CT molecular complexity index is 544. The van der Waals surface area contributed by atoms with Crippen LogP contribution in [0.25, 0.3) is 11.5 Å². The van der Waals surface area contributed by atoms with Gasteiger partial charge in [-0.1, -0.05) is 11.2 Å². The molecule has 1 aliphatic rings. The van der Waals surface area contributed by atoms with Gasteiger partial charge in [-0.05, 0) is 43.4 Å². The van der Waals surface area contributed by atoms with Crippen LogP contribution < -0.4 is 0 Å². The highest BCUT2D eigenvalue weighted by Crippen LogP contribution is 2.33. The third-order valence-corrected chi connectivity index (χ3v) is 3.02. The highest BCUT2D eigenvalue weighted by molar-refractivity contribution is 5.62. The van der Waals surface area contributed by atoms with E-state index in [1.54, 1.807) is 12.1 Å². The van der Waals surface area contributed by atoms with Gasteiger partial charge in [-0.15, -0.1) is 0 Å². The number of phenols is 1. The summed E-state index contributed by atoms with van der Waals surface area (Å²) in [7, 11) is 0. The second-order valence-electron chi connectivity index (χ2n) is 4.68. The van der Waals surface area contributed by atoms with Crippen LogP contribution in [0, 0.1) is 12.8 Å². The molecule has 2 aromatic rings. The minimum Gasteiger partial charge on any atom is -0.507 e. The van der Waals surface area contributed by atoms with Gasteiger partial charge in [0, 0.05) is 6.42 Å². The van der Waals surface area contributed by atoms with Crippen molar-refractivity contribution in [2.75, 3.05) is 0 Å². The van der Waals surface area contributed by atoms with Gasteiger partial charge in [0.05, 0.1) is 5.56 Å². The lowest BCUT2D eigenvalue weighted by molar-refractivity contribution is 0.416. The van der Waals surface area contributed by atoms with Crippen molar-refractivity contribution >= 4 is 0 Å². The van der Waals surface area contributed by atoms with Gasteiger partial charge in [0.1, 0.15) is 5.75 Å². The summed E-state index contributed by atoms with van der Waals surface area (Å²) in [6.45, 7) is 1.93. The summed E-state index contributed by atoms with van der Waals surface area (Å²) in [5.74, 6) is 2.05. The molecule has 1 heterocycles. The first-order valence-corrected chi connectivity index (χ1v) is 5.85. The molecule has 0 radical (unpaired) electrons. The Morgan fingerprint density at radius 2 is 2.24 bits per heavy atom. The summed E-state index contributed by atoms with van der Waals surface area (Å²) in [5.41, 5.74) is 1.61. The summed E-state index contributed by atoms with van der Waals surface area (Å²) >= 11 is 0. The van der Waals surface area contributed by atoms with Gasteiger partial charge < -0.3 is 9.63 Å². The molecule has 4 heteroatoms. The van der Waals surface area contributed by atoms with E-state index in [-0.39, 0.29) is 5.75 Å². The van der Waals surface area contributed by atoms with E-state index in [1.807, 2.05) is 13.0 Å². The van der Waals surface area contributed by atoms with Crippen LogP contribution in [0.1, 0.15) is 24.2 Å². The Kier molecular flexibility index (Phi) is 2.35. The topological polar surface area (TPSA) is 59.2 Å². The summed E-state index contributed by atoms with van der Waals surface area (Å²) in [5, 5.41) is 13.8. The molecule has 0 saturated heterocycles. The Morgan fingerprint density at radius 1 is 1.41 bits per heavy atom. The van der Waals surface area contributed by atoms with Crippen molar-refractivity contribution < 1.29 is 9.63 Å². The second kappa shape index (κ2) is 3.87. The van der Waals surface area contributed by atoms with Crippen molar-refractivity contribution in [3.63, 3.8) is 0 Å². The fourth-order valence-electron chi connectivity index (χ4n) is 1.85. The smallest absolute Gasteiger partial charge is 0.261 e. The van der Waals surface area contributed by atoms with Crippen molar-refractivity contribution in [1.82, 2.24) is 10.1 Å². The van der Waals surface area contributed by atoms with Gasteiger partial charge in [0.2, 0.25) is 0 Å². The number of nitrogens with zero attached hydrogens (tertiary/aromatic N) is 2. The molecule has 1 aliphatic carbocycles. The van der Waals surface area contributed by atoms with Crippen LogP contribution in [-0.4, -0.2) is 15.2 Å². The molecule has 3 rings (SSSR count). The summed E-state index contributed by atoms with van der Waals surface area (Å²) in [4.78, 5) is 4.31. The van der Waals surface area contributed by atoms with Crippen LogP contribution in [0.5, 0.6) is 5.75 Å². The molecule has 1 fully saturated rings. The zero-order valence-corrected chi connectivity index (χ0v) is 9.68. The summed E-state index contributed by atoms with van der Waals surface area (Å²) in [6.07, 6.45) is 3.41. The zero-order chi connectivity index (χ0) is 11.8. The van der Waals surface area contributed by atoms with Gasteiger partial charge in [0.25, 0.3) is 5.89 Å². The van der Waals surface area contributed by atoms with Crippen LogP contribution in [0.3, 0.4) is 0 Å². The van der Waals surface area contributed by atoms with Crippen LogP contribution in [0.2, 0.25) is 0 Å². The predicted octanol–water partition coefficient (Wildman–Crippen LogP) is 2.70. The van der Waals surface area contributed by atoms with Gasteiger partial charge in [0.15, 0.2) is 5.82 Å². The van der Waals surface area contributed by atoms with Crippen molar-refractivity contribution in [1.29, 1.82) is 0 Å². The van der Waals surface area contributed by atoms with Gasteiger partial charge in [-0.25, -0.2) is 0 Å². The number of hydrogen-bond acceptors (Lipinski definition) is 4. The molecular weight excluding hydrogens is 216 g/mol. The van der Waals surface area contributed by atoms with Crippen molar-refractivity contribution in [3.05, 3.63) is 29.6 Å². The molecule has 1 N–H and O–H groups in total. The van der Waals surface area contributed by atoms with Crippen LogP contribution in [-0.2, 0) is 6.42 Å². The molecule has 4 nitrogen and oxygen atoms in total. The summed E-state index contributed by atoms with van der Waals surface area (Å²) < 4.78 is 5.18. The molecule has 1 saturated carbocycles. The van der Waals surface area contributed by atoms with E-state index in [4.69, 9.17) is 4.52 Å². The highest BCUT2D eigenvalue weighted by Gasteiger charge is 2.24. The lowest BCUT2D eigenvalue weighted by Gasteiger charge is -1.99. The van der Waals surface area contributed by atoms with Crippen molar-refractivity contribution in [2.45, 2.75) is 26.2 Å². The zero-order valence-electron chi connectivity index (χ0n) is 9.68. The number of aryl methyl sites for hydroxylation is 1. The quantitative estimate of drug-likeness (QED) is 0.880. The maximum absolute atomic E-state index is 9.82. The fraction of sp³-hybridized carbons (Fsp3) is 0.385. The number of aromatic nitrogens is 2. The minimum absolute atomic E-state index is 0.187. The van der Waals surface area contributed by atoms with E-state index in [2.05, 4.69) is 10.1 Å². The van der Waals surface area contributed by atoms with Crippen molar-refractivity contribution in [3.8, 4) is 17.2 Å². The summed E-state index contributed by atoms with van der Waals surface area (Å²) in [6, 6.07) is 5.42. The van der Waals surface area contributed by atoms with E-state index in [9.17, 15) is 5.11 Å². The van der Waals surface area contributed by atoms with Gasteiger partial charge in [-0.2, -0.15) is 4.98 Å². The Balaban J connectivity index is 1.89. The Labute approximate surface area is 99.3 Å². The number of benzene rings is 1. The molecular formula is C13H14N2O2. The Hall–Kier alpha value is -1.84. The molecule has 1 aromatic carbocycles. The Morgan fingerprint density at radius 3 is 2.94 bits per heavy atom. The molecule has 0 atom stereocenters. The average molecular weight is 230 g/mol. The number of rotatable bonds is 3. The first kappa shape index (κ1) is 10.3. The average Bonchev–Trinajstić information content (AvgIpc) is 2.96.